The fraction of sp³-hybridized carbons (Fsp3) is 0.391. The number of carbonyl (C=O) groups is 1. The molecular weight excluding hydrogens is 410 g/mol. The van der Waals surface area contributed by atoms with Gasteiger partial charge in [-0.15, -0.1) is 5.10 Å². The molecule has 0 spiro atoms. The van der Waals surface area contributed by atoms with Gasteiger partial charge in [0, 0.05) is 12.1 Å². The molecule has 0 saturated carbocycles. The third-order valence-electron chi connectivity index (χ3n) is 5.52. The number of amides is 1. The Balaban J connectivity index is 1.42. The van der Waals surface area contributed by atoms with Gasteiger partial charge in [0.1, 0.15) is 5.52 Å². The minimum atomic E-state index is -0.307. The van der Waals surface area contributed by atoms with Gasteiger partial charge in [0.15, 0.2) is 0 Å². The first-order valence-electron chi connectivity index (χ1n) is 10.8. The second-order valence-electron chi connectivity index (χ2n) is 7.71. The number of thioether (sulfide) groups is 1. The molecule has 2 aromatic heterocycles. The summed E-state index contributed by atoms with van der Waals surface area (Å²) in [5.74, 6) is 0.165. The lowest BCUT2D eigenvalue weighted by atomic mass is 9.97. The van der Waals surface area contributed by atoms with Gasteiger partial charge >= 0.3 is 0 Å². The third-order valence-corrected chi connectivity index (χ3v) is 6.45. The molecule has 8 heteroatoms. The predicted octanol–water partition coefficient (Wildman–Crippen LogP) is 3.75. The molecule has 0 atom stereocenters. The van der Waals surface area contributed by atoms with E-state index < -0.39 is 0 Å². The second kappa shape index (κ2) is 9.96. The monoisotopic (exact) mass is 437 g/mol. The highest BCUT2D eigenvalue weighted by molar-refractivity contribution is 7.99. The summed E-state index contributed by atoms with van der Waals surface area (Å²) < 4.78 is 1.52. The van der Waals surface area contributed by atoms with E-state index in [0.29, 0.717) is 22.9 Å². The van der Waals surface area contributed by atoms with Gasteiger partial charge in [-0.2, -0.15) is 5.10 Å². The number of hydrogen-bond donors (Lipinski definition) is 2. The molecule has 0 aliphatic heterocycles. The number of H-pyrrole nitrogens is 1. The van der Waals surface area contributed by atoms with Crippen molar-refractivity contribution >= 4 is 23.2 Å². The normalized spacial score (nSPS) is 13.9. The molecule has 3 aromatic rings. The summed E-state index contributed by atoms with van der Waals surface area (Å²) in [6, 6.07) is 9.88. The topological polar surface area (TPSA) is 92.1 Å². The summed E-state index contributed by atoms with van der Waals surface area (Å²) >= 11 is 1.26. The fourth-order valence-corrected chi connectivity index (χ4v) is 4.45. The molecule has 0 radical (unpaired) electrons. The SMILES string of the molecule is CCc1ccc(-c2cc3c(=O)[nH]nc(SCC(=O)NCCC4=CCCCC4)n3n2)cc1. The number of benzene rings is 1. The maximum absolute atomic E-state index is 12.3. The molecule has 7 nitrogen and oxygen atoms in total. The molecule has 0 saturated heterocycles. The molecule has 0 fully saturated rings. The molecule has 1 aliphatic carbocycles. The highest BCUT2D eigenvalue weighted by Gasteiger charge is 2.14. The summed E-state index contributed by atoms with van der Waals surface area (Å²) in [6.07, 6.45) is 9.00. The molecule has 2 heterocycles. The second-order valence-corrected chi connectivity index (χ2v) is 8.65. The van der Waals surface area contributed by atoms with Crippen molar-refractivity contribution in [3.8, 4) is 11.3 Å². The molecule has 0 unspecified atom stereocenters. The minimum absolute atomic E-state index is 0.0508. The number of hydrogen-bond acceptors (Lipinski definition) is 5. The van der Waals surface area contributed by atoms with Gasteiger partial charge in [0.2, 0.25) is 11.1 Å². The van der Waals surface area contributed by atoms with Crippen LogP contribution in [0.5, 0.6) is 0 Å². The van der Waals surface area contributed by atoms with Gasteiger partial charge in [-0.05, 0) is 50.2 Å². The smallest absolute Gasteiger partial charge is 0.290 e. The highest BCUT2D eigenvalue weighted by atomic mass is 32.2. The first-order valence-corrected chi connectivity index (χ1v) is 11.8. The number of fused-ring (bicyclic) bond motifs is 1. The number of allylic oxidation sites excluding steroid dienone is 1. The number of carbonyl (C=O) groups excluding carboxylic acids is 1. The van der Waals surface area contributed by atoms with Crippen LogP contribution < -0.4 is 10.9 Å². The van der Waals surface area contributed by atoms with Crippen molar-refractivity contribution in [1.29, 1.82) is 0 Å². The van der Waals surface area contributed by atoms with Crippen LogP contribution in [-0.4, -0.2) is 38.0 Å². The van der Waals surface area contributed by atoms with Gasteiger partial charge in [0.25, 0.3) is 5.56 Å². The Hall–Kier alpha value is -2.87. The van der Waals surface area contributed by atoms with E-state index in [1.807, 2.05) is 12.1 Å². The Morgan fingerprint density at radius 2 is 2.10 bits per heavy atom. The van der Waals surface area contributed by atoms with Crippen LogP contribution >= 0.6 is 11.8 Å². The number of nitrogens with one attached hydrogen (secondary N) is 2. The van der Waals surface area contributed by atoms with E-state index in [9.17, 15) is 9.59 Å². The molecule has 1 aliphatic rings. The minimum Gasteiger partial charge on any atom is -0.355 e. The number of aromatic nitrogens is 4. The summed E-state index contributed by atoms with van der Waals surface area (Å²) in [6.45, 7) is 2.76. The zero-order chi connectivity index (χ0) is 21.6. The molecule has 2 N–H and O–H groups in total. The number of rotatable bonds is 8. The van der Waals surface area contributed by atoms with Crippen molar-refractivity contribution in [2.45, 2.75) is 50.6 Å². The highest BCUT2D eigenvalue weighted by Crippen LogP contribution is 2.22. The van der Waals surface area contributed by atoms with Crippen LogP contribution in [0.15, 0.2) is 51.9 Å². The number of aromatic amines is 1. The van der Waals surface area contributed by atoms with Gasteiger partial charge in [-0.25, -0.2) is 9.61 Å². The maximum atomic E-state index is 12.3. The van der Waals surface area contributed by atoms with E-state index in [-0.39, 0.29) is 17.2 Å². The molecular formula is C23H27N5O2S. The van der Waals surface area contributed by atoms with Crippen LogP contribution in [0.25, 0.3) is 16.8 Å². The fourth-order valence-electron chi connectivity index (χ4n) is 3.71. The van der Waals surface area contributed by atoms with Crippen molar-refractivity contribution in [3.05, 3.63) is 57.9 Å². The first-order chi connectivity index (χ1) is 15.1. The quantitative estimate of drug-likeness (QED) is 0.414. The third kappa shape index (κ3) is 5.25. The Kier molecular flexibility index (Phi) is 6.86. The largest absolute Gasteiger partial charge is 0.355 e. The number of aryl methyl sites for hydroxylation is 1. The van der Waals surface area contributed by atoms with Crippen LogP contribution in [0.3, 0.4) is 0 Å². The standard InChI is InChI=1S/C23H27N5O2S/c1-2-16-8-10-18(11-9-16)19-14-20-22(30)25-26-23(28(20)27-19)31-15-21(29)24-13-12-17-6-4-3-5-7-17/h6,8-11,14H,2-5,7,12-13,15H2,1H3,(H,24,29)(H,25,30). The Morgan fingerprint density at radius 3 is 2.84 bits per heavy atom. The van der Waals surface area contributed by atoms with Crippen LogP contribution in [0.2, 0.25) is 0 Å². The van der Waals surface area contributed by atoms with Crippen LogP contribution in [0.1, 0.15) is 44.6 Å². The molecule has 4 rings (SSSR count). The summed E-state index contributed by atoms with van der Waals surface area (Å²) in [5, 5.41) is 14.6. The van der Waals surface area contributed by atoms with Crippen molar-refractivity contribution in [2.24, 2.45) is 0 Å². The summed E-state index contributed by atoms with van der Waals surface area (Å²) in [4.78, 5) is 24.5. The average Bonchev–Trinajstić information content (AvgIpc) is 3.26. The van der Waals surface area contributed by atoms with Crippen molar-refractivity contribution in [3.63, 3.8) is 0 Å². The Morgan fingerprint density at radius 1 is 1.26 bits per heavy atom. The summed E-state index contributed by atoms with van der Waals surface area (Å²) in [5.41, 5.74) is 4.43. The van der Waals surface area contributed by atoms with Crippen LogP contribution in [0.4, 0.5) is 0 Å². The Labute approximate surface area is 185 Å². The molecule has 31 heavy (non-hydrogen) atoms. The molecule has 0 bridgehead atoms. The van der Waals surface area contributed by atoms with Crippen molar-refractivity contribution in [1.82, 2.24) is 25.1 Å². The van der Waals surface area contributed by atoms with E-state index in [4.69, 9.17) is 0 Å². The van der Waals surface area contributed by atoms with Gasteiger partial charge in [-0.1, -0.05) is 54.6 Å². The van der Waals surface area contributed by atoms with E-state index in [0.717, 1.165) is 31.2 Å². The zero-order valence-corrected chi connectivity index (χ0v) is 18.5. The van der Waals surface area contributed by atoms with Gasteiger partial charge < -0.3 is 5.32 Å². The zero-order valence-electron chi connectivity index (χ0n) is 17.7. The lowest BCUT2D eigenvalue weighted by Crippen LogP contribution is -2.27. The van der Waals surface area contributed by atoms with Gasteiger partial charge in [0.05, 0.1) is 11.4 Å². The predicted molar refractivity (Wildman–Crippen MR) is 123 cm³/mol. The molecule has 162 valence electrons. The van der Waals surface area contributed by atoms with E-state index in [1.54, 1.807) is 6.07 Å². The molecule has 1 amide bonds. The lowest BCUT2D eigenvalue weighted by Gasteiger charge is -2.12. The van der Waals surface area contributed by atoms with E-state index in [1.165, 1.54) is 40.3 Å². The van der Waals surface area contributed by atoms with Gasteiger partial charge in [-0.3, -0.25) is 9.59 Å². The van der Waals surface area contributed by atoms with Crippen molar-refractivity contribution < 1.29 is 4.79 Å². The average molecular weight is 438 g/mol. The number of nitrogens with zero attached hydrogens (tertiary/aromatic N) is 3. The van der Waals surface area contributed by atoms with E-state index >= 15 is 0 Å². The lowest BCUT2D eigenvalue weighted by molar-refractivity contribution is -0.118. The Bertz CT molecular complexity index is 1150. The summed E-state index contributed by atoms with van der Waals surface area (Å²) in [7, 11) is 0. The molecule has 1 aromatic carbocycles. The van der Waals surface area contributed by atoms with Crippen molar-refractivity contribution in [2.75, 3.05) is 12.3 Å². The maximum Gasteiger partial charge on any atom is 0.290 e. The van der Waals surface area contributed by atoms with Crippen LogP contribution in [-0.2, 0) is 11.2 Å². The van der Waals surface area contributed by atoms with Crippen LogP contribution in [0, 0.1) is 0 Å². The first kappa shape index (κ1) is 21.4. The van der Waals surface area contributed by atoms with E-state index in [2.05, 4.69) is 45.7 Å².